The van der Waals surface area contributed by atoms with Gasteiger partial charge in [-0.3, -0.25) is 14.3 Å². The van der Waals surface area contributed by atoms with Crippen molar-refractivity contribution < 1.29 is 28.0 Å². The molecule has 3 aromatic rings. The molecular formula is C15H9Cl2N7O7S. The van der Waals surface area contributed by atoms with Crippen LogP contribution in [-0.4, -0.2) is 49.1 Å². The minimum absolute atomic E-state index is 0.107. The fraction of sp³-hybridized carbons (Fsp3) is 0. The van der Waals surface area contributed by atoms with Crippen LogP contribution in [0, 0.1) is 0 Å². The molecule has 166 valence electrons. The molecular weight excluding hydrogens is 493 g/mol. The molecule has 0 amide bonds. The maximum absolute atomic E-state index is 11.7. The second kappa shape index (κ2) is 8.83. The van der Waals surface area contributed by atoms with E-state index >= 15 is 0 Å². The Labute approximate surface area is 187 Å². The Bertz CT molecular complexity index is 1410. The number of azo groups is 1. The number of aromatic hydroxyl groups is 1. The number of halogens is 2. The van der Waals surface area contributed by atoms with Gasteiger partial charge in [-0.15, -0.1) is 10.2 Å². The van der Waals surface area contributed by atoms with Crippen LogP contribution in [0.5, 0.6) is 5.88 Å². The van der Waals surface area contributed by atoms with Crippen molar-refractivity contribution in [2.24, 2.45) is 10.2 Å². The Hall–Kier alpha value is -3.66. The number of aromatic carboxylic acids is 1. The van der Waals surface area contributed by atoms with Crippen molar-refractivity contribution in [1.82, 2.24) is 19.9 Å². The number of hydrogen-bond donors (Lipinski definition) is 5. The van der Waals surface area contributed by atoms with Crippen LogP contribution in [0.25, 0.3) is 0 Å². The van der Waals surface area contributed by atoms with Crippen LogP contribution in [-0.2, 0) is 10.1 Å². The van der Waals surface area contributed by atoms with E-state index in [1.807, 2.05) is 4.98 Å². The van der Waals surface area contributed by atoms with Gasteiger partial charge in [0.1, 0.15) is 10.6 Å². The van der Waals surface area contributed by atoms with E-state index in [0.29, 0.717) is 6.07 Å². The molecule has 32 heavy (non-hydrogen) atoms. The number of aromatic amines is 1. The number of nitrogens with zero attached hydrogens (tertiary/aromatic N) is 5. The van der Waals surface area contributed by atoms with Gasteiger partial charge in [0.05, 0.1) is 5.56 Å². The van der Waals surface area contributed by atoms with Gasteiger partial charge in [0, 0.05) is 11.8 Å². The van der Waals surface area contributed by atoms with Crippen molar-refractivity contribution in [1.29, 1.82) is 0 Å². The first-order valence-corrected chi connectivity index (χ1v) is 10.2. The molecule has 0 fully saturated rings. The first-order valence-electron chi connectivity index (χ1n) is 8.01. The molecule has 0 atom stereocenters. The second-order valence-electron chi connectivity index (χ2n) is 5.73. The van der Waals surface area contributed by atoms with Gasteiger partial charge < -0.3 is 15.5 Å². The summed E-state index contributed by atoms with van der Waals surface area (Å²) in [6.07, 6.45) is 0. The van der Waals surface area contributed by atoms with Gasteiger partial charge in [-0.2, -0.15) is 23.4 Å². The minimum atomic E-state index is -4.79. The van der Waals surface area contributed by atoms with Crippen LogP contribution in [0.1, 0.15) is 10.4 Å². The lowest BCUT2D eigenvalue weighted by Gasteiger charge is -2.08. The average molecular weight is 502 g/mol. The van der Waals surface area contributed by atoms with Crippen LogP contribution in [0.3, 0.4) is 0 Å². The monoisotopic (exact) mass is 501 g/mol. The molecule has 0 aliphatic rings. The lowest BCUT2D eigenvalue weighted by atomic mass is 10.2. The number of aromatic nitrogens is 4. The van der Waals surface area contributed by atoms with Crippen molar-refractivity contribution >= 4 is 62.3 Å². The summed E-state index contributed by atoms with van der Waals surface area (Å²) in [6, 6.07) is 3.91. The molecule has 0 aliphatic carbocycles. The molecule has 14 nitrogen and oxygen atoms in total. The highest BCUT2D eigenvalue weighted by Crippen LogP contribution is 2.33. The summed E-state index contributed by atoms with van der Waals surface area (Å²) in [7, 11) is -4.79. The van der Waals surface area contributed by atoms with E-state index in [0.717, 1.165) is 12.1 Å². The highest BCUT2D eigenvalue weighted by Gasteiger charge is 2.19. The maximum Gasteiger partial charge on any atom is 0.338 e. The van der Waals surface area contributed by atoms with Crippen LogP contribution >= 0.6 is 23.2 Å². The molecule has 3 rings (SSSR count). The molecule has 0 aliphatic heterocycles. The molecule has 0 radical (unpaired) electrons. The van der Waals surface area contributed by atoms with Gasteiger partial charge >= 0.3 is 5.97 Å². The van der Waals surface area contributed by atoms with Crippen LogP contribution in [0.15, 0.2) is 44.2 Å². The quantitative estimate of drug-likeness (QED) is 0.243. The normalized spacial score (nSPS) is 11.6. The van der Waals surface area contributed by atoms with E-state index in [1.54, 1.807) is 0 Å². The number of pyridine rings is 1. The Kier molecular flexibility index (Phi) is 6.35. The van der Waals surface area contributed by atoms with Crippen molar-refractivity contribution in [2.45, 2.75) is 4.90 Å². The number of hydrogen-bond acceptors (Lipinski definition) is 11. The molecule has 1 aromatic carbocycles. The topological polar surface area (TPSA) is 220 Å². The SMILES string of the molecule is O=C(O)c1cc(=O)[nH]c(O)c1N=Nc1cc(Nc2nc(Cl)nc(Cl)n2)ccc1S(=O)(=O)O. The van der Waals surface area contributed by atoms with Crippen LogP contribution < -0.4 is 10.9 Å². The summed E-state index contributed by atoms with van der Waals surface area (Å²) >= 11 is 11.4. The van der Waals surface area contributed by atoms with Crippen molar-refractivity contribution in [3.05, 3.63) is 50.7 Å². The number of benzene rings is 1. The minimum Gasteiger partial charge on any atom is -0.493 e. The van der Waals surface area contributed by atoms with E-state index in [4.69, 9.17) is 23.2 Å². The second-order valence-corrected chi connectivity index (χ2v) is 7.80. The lowest BCUT2D eigenvalue weighted by molar-refractivity contribution is 0.0697. The maximum atomic E-state index is 11.7. The number of H-pyrrole nitrogens is 1. The van der Waals surface area contributed by atoms with Crippen molar-refractivity contribution in [3.8, 4) is 5.88 Å². The first kappa shape index (κ1) is 23.0. The van der Waals surface area contributed by atoms with Gasteiger partial charge in [-0.1, -0.05) is 0 Å². The number of rotatable bonds is 6. The predicted molar refractivity (Wildman–Crippen MR) is 109 cm³/mol. The number of carbonyl (C=O) groups is 1. The van der Waals surface area contributed by atoms with Gasteiger partial charge in [0.25, 0.3) is 15.7 Å². The molecule has 2 heterocycles. The summed E-state index contributed by atoms with van der Waals surface area (Å²) in [4.78, 5) is 35.0. The lowest BCUT2D eigenvalue weighted by Crippen LogP contribution is -2.09. The third-order valence-corrected chi connectivity index (χ3v) is 4.80. The van der Waals surface area contributed by atoms with E-state index in [2.05, 4.69) is 30.5 Å². The highest BCUT2D eigenvalue weighted by molar-refractivity contribution is 7.86. The van der Waals surface area contributed by atoms with Gasteiger partial charge in [-0.05, 0) is 41.4 Å². The van der Waals surface area contributed by atoms with Gasteiger partial charge in [0.15, 0.2) is 5.69 Å². The van der Waals surface area contributed by atoms with E-state index in [1.165, 1.54) is 6.07 Å². The first-order chi connectivity index (χ1) is 14.9. The van der Waals surface area contributed by atoms with Gasteiger partial charge in [-0.25, -0.2) is 4.79 Å². The fourth-order valence-corrected chi connectivity index (χ4v) is 3.28. The van der Waals surface area contributed by atoms with Gasteiger partial charge in [0.2, 0.25) is 22.4 Å². The molecule has 2 aromatic heterocycles. The number of anilines is 2. The molecule has 0 saturated heterocycles. The summed E-state index contributed by atoms with van der Waals surface area (Å²) in [5, 5.41) is 28.4. The summed E-state index contributed by atoms with van der Waals surface area (Å²) < 4.78 is 32.8. The molecule has 0 spiro atoms. The highest BCUT2D eigenvalue weighted by atomic mass is 35.5. The van der Waals surface area contributed by atoms with E-state index < -0.39 is 49.4 Å². The summed E-state index contributed by atoms with van der Waals surface area (Å²) in [6.45, 7) is 0. The molecule has 0 unspecified atom stereocenters. The summed E-state index contributed by atoms with van der Waals surface area (Å²) in [5.74, 6) is -2.63. The van der Waals surface area contributed by atoms with Crippen molar-refractivity contribution in [2.75, 3.05) is 5.32 Å². The smallest absolute Gasteiger partial charge is 0.338 e. The zero-order chi connectivity index (χ0) is 23.6. The number of carboxylic acids is 1. The Balaban J connectivity index is 2.10. The van der Waals surface area contributed by atoms with Crippen LogP contribution in [0.2, 0.25) is 10.6 Å². The Morgan fingerprint density at radius 1 is 1.09 bits per heavy atom. The Morgan fingerprint density at radius 2 is 1.75 bits per heavy atom. The fourth-order valence-electron chi connectivity index (χ4n) is 2.31. The van der Waals surface area contributed by atoms with Crippen LogP contribution in [0.4, 0.5) is 23.0 Å². The number of carboxylic acid groups (broad SMARTS) is 1. The summed E-state index contributed by atoms with van der Waals surface area (Å²) in [5.41, 5.74) is -2.61. The van der Waals surface area contributed by atoms with E-state index in [-0.39, 0.29) is 22.2 Å². The Morgan fingerprint density at radius 3 is 2.34 bits per heavy atom. The number of nitrogens with one attached hydrogen (secondary N) is 2. The average Bonchev–Trinajstić information content (AvgIpc) is 2.65. The molecule has 5 N–H and O–H groups in total. The standard InChI is InChI=1S/C15H9Cl2N7O7S/c16-13-20-14(17)22-15(21-13)18-5-1-2-8(32(29,30)31)7(3-5)23-24-10-6(12(27)28)4-9(25)19-11(10)26/h1-4H,(H,27,28)(H2,19,25,26)(H,29,30,31)(H,18,20,21,22). The third-order valence-electron chi connectivity index (χ3n) is 3.56. The predicted octanol–water partition coefficient (Wildman–Crippen LogP) is 2.68. The zero-order valence-electron chi connectivity index (χ0n) is 15.2. The third kappa shape index (κ3) is 5.33. The van der Waals surface area contributed by atoms with E-state index in [9.17, 15) is 32.8 Å². The van der Waals surface area contributed by atoms with Crippen molar-refractivity contribution in [3.63, 3.8) is 0 Å². The molecule has 0 bridgehead atoms. The zero-order valence-corrected chi connectivity index (χ0v) is 17.5. The molecule has 0 saturated carbocycles. The molecule has 17 heteroatoms. The largest absolute Gasteiger partial charge is 0.493 e.